The van der Waals surface area contributed by atoms with Crippen molar-refractivity contribution in [2.45, 2.75) is 94.4 Å². The highest BCUT2D eigenvalue weighted by molar-refractivity contribution is 7.98. The van der Waals surface area contributed by atoms with Crippen LogP contribution in [-0.2, 0) is 26.3 Å². The Labute approximate surface area is 381 Å². The molecule has 0 aliphatic carbocycles. The summed E-state index contributed by atoms with van der Waals surface area (Å²) in [5.41, 5.74) is 1.42. The number of fused-ring (bicyclic) bond motifs is 1. The molecule has 3 heterocycles. The second-order valence-electron chi connectivity index (χ2n) is 17.2. The van der Waals surface area contributed by atoms with Gasteiger partial charge in [0.25, 0.3) is 17.4 Å². The quantitative estimate of drug-likeness (QED) is 0.0240. The van der Waals surface area contributed by atoms with Crippen LogP contribution in [0.15, 0.2) is 83.0 Å². The van der Waals surface area contributed by atoms with Gasteiger partial charge in [-0.2, -0.15) is 10.4 Å². The first-order valence-corrected chi connectivity index (χ1v) is 26.1. The summed E-state index contributed by atoms with van der Waals surface area (Å²) in [4.78, 5) is 49.0. The Morgan fingerprint density at radius 2 is 1.66 bits per heavy atom. The van der Waals surface area contributed by atoms with E-state index in [1.54, 1.807) is 24.4 Å². The zero-order chi connectivity index (χ0) is 46.2. The number of carbonyl (C=O) groups excluding carboxylic acids is 2. The number of piperidine rings is 1. The van der Waals surface area contributed by atoms with E-state index in [-0.39, 0.29) is 66.2 Å². The van der Waals surface area contributed by atoms with Crippen LogP contribution in [0.2, 0.25) is 30.7 Å². The molecular weight excluding hydrogens is 882 g/mol. The number of thioether (sulfide) groups is 1. The second-order valence-corrected chi connectivity index (χ2v) is 24.0. The topological polar surface area (TPSA) is 159 Å². The Bertz CT molecular complexity index is 2590. The maximum Gasteiger partial charge on any atom is 0.275 e. The molecule has 1 atom stereocenters. The first-order valence-electron chi connectivity index (χ1n) is 20.8. The number of nitrogens with zero attached hydrogens (tertiary/aromatic N) is 6. The molecule has 13 nitrogen and oxygen atoms in total. The molecule has 1 aliphatic rings. The summed E-state index contributed by atoms with van der Waals surface area (Å²) in [5.74, 6) is -3.17. The van der Waals surface area contributed by atoms with E-state index < -0.39 is 56.4 Å². The van der Waals surface area contributed by atoms with E-state index in [1.165, 1.54) is 36.2 Å². The zero-order valence-corrected chi connectivity index (χ0v) is 39.2. The van der Waals surface area contributed by atoms with Gasteiger partial charge in [-0.05, 0) is 78.4 Å². The molecule has 64 heavy (non-hydrogen) atoms. The molecule has 0 radical (unpaired) electrons. The summed E-state index contributed by atoms with van der Waals surface area (Å²) in [7, 11) is -1.37. The third-order valence-corrected chi connectivity index (χ3v) is 13.5. The molecule has 6 rings (SSSR count). The van der Waals surface area contributed by atoms with Gasteiger partial charge in [-0.15, -0.1) is 0 Å². The van der Waals surface area contributed by atoms with E-state index in [4.69, 9.17) is 30.5 Å². The minimum absolute atomic E-state index is 0.0261. The fourth-order valence-electron chi connectivity index (χ4n) is 6.95. The van der Waals surface area contributed by atoms with E-state index in [1.807, 2.05) is 44.4 Å². The second kappa shape index (κ2) is 20.6. The van der Waals surface area contributed by atoms with Crippen LogP contribution in [-0.4, -0.2) is 83.3 Å². The molecular formula is C46H51ClF2N6O7SSi. The van der Waals surface area contributed by atoms with Gasteiger partial charge in [0, 0.05) is 50.9 Å². The smallest absolute Gasteiger partial charge is 0.275 e. The molecule has 18 heteroatoms. The molecule has 0 N–H and O–H groups in total. The summed E-state index contributed by atoms with van der Waals surface area (Å²) < 4.78 is 54.2. The number of alkyl halides is 2. The fourth-order valence-corrected chi connectivity index (χ4v) is 8.35. The Kier molecular flexibility index (Phi) is 15.5. The summed E-state index contributed by atoms with van der Waals surface area (Å²) in [6.07, 6.45) is 3.89. The van der Waals surface area contributed by atoms with E-state index >= 15 is 8.78 Å². The molecule has 5 aromatic rings. The average Bonchev–Trinajstić information content (AvgIpc) is 3.26. The van der Waals surface area contributed by atoms with Crippen LogP contribution >= 0.6 is 23.4 Å². The van der Waals surface area contributed by atoms with Crippen LogP contribution in [0.1, 0.15) is 68.0 Å². The van der Waals surface area contributed by atoms with Crippen molar-refractivity contribution >= 4 is 54.0 Å². The molecule has 0 bridgehead atoms. The van der Waals surface area contributed by atoms with Crippen LogP contribution in [0.3, 0.4) is 0 Å². The molecule has 338 valence electrons. The van der Waals surface area contributed by atoms with Crippen LogP contribution < -0.4 is 19.8 Å². The van der Waals surface area contributed by atoms with Crippen LogP contribution in [0.5, 0.6) is 17.2 Å². The first-order chi connectivity index (χ1) is 30.4. The van der Waals surface area contributed by atoms with Crippen molar-refractivity contribution < 1.29 is 37.3 Å². The van der Waals surface area contributed by atoms with Crippen molar-refractivity contribution in [3.8, 4) is 23.3 Å². The number of likely N-dealkylation sites (tertiary alicyclic amines) is 1. The fraction of sp³-hybridized carbons (Fsp3) is 0.413. The van der Waals surface area contributed by atoms with E-state index in [0.29, 0.717) is 22.9 Å². The number of imide groups is 1. The maximum absolute atomic E-state index is 15.1. The average molecular weight is 934 g/mol. The van der Waals surface area contributed by atoms with E-state index in [2.05, 4.69) is 40.8 Å². The van der Waals surface area contributed by atoms with Crippen LogP contribution in [0.25, 0.3) is 10.8 Å². The Morgan fingerprint density at radius 3 is 2.36 bits per heavy atom. The number of rotatable bonds is 20. The highest BCUT2D eigenvalue weighted by Crippen LogP contribution is 2.39. The Balaban J connectivity index is 1.01. The summed E-state index contributed by atoms with van der Waals surface area (Å²) in [6.45, 7) is 10.4. The molecule has 3 aromatic carbocycles. The SMILES string of the molecule is CSc1nccc(COc2ccc(C(C)(C)c3cc(Cl)c(OCCC(F)(F)CCOc4ccc5c(=O)n(C6CCC(=O)N(COCC[Si](C)(C)C)C6=O)ncc5c4)c(C#N)c3)cc2)n1. The number of carbonyl (C=O) groups is 2. The number of ether oxygens (including phenoxy) is 4. The standard InChI is InChI=1S/C46H51ClF2N6O7SSi/c1-45(2,32-7-9-35(10-8-32)62-28-34-15-18-51-44(53-34)63-3)33-23-30(26-50)41(38(47)25-33)61-20-17-46(48,49)16-19-60-36-11-12-37-31(24-36)27-52-55(42(37)57)39-13-14-40(56)54(43(39)58)29-59-21-22-64(4,5)6/h7-12,15,18,23-25,27,39H,13-14,16-17,19-22,28-29H2,1-6H3. The lowest BCUT2D eigenvalue weighted by Crippen LogP contribution is -2.49. The van der Waals surface area contributed by atoms with Crippen molar-refractivity contribution in [3.63, 3.8) is 0 Å². The minimum atomic E-state index is -3.18. The monoisotopic (exact) mass is 932 g/mol. The van der Waals surface area contributed by atoms with Gasteiger partial charge in [-0.1, -0.05) is 69.0 Å². The Morgan fingerprint density at radius 1 is 0.938 bits per heavy atom. The summed E-state index contributed by atoms with van der Waals surface area (Å²) >= 11 is 8.08. The lowest BCUT2D eigenvalue weighted by atomic mass is 9.77. The predicted octanol–water partition coefficient (Wildman–Crippen LogP) is 9.21. The first kappa shape index (κ1) is 48.1. The maximum atomic E-state index is 15.1. The van der Waals surface area contributed by atoms with E-state index in [9.17, 15) is 19.6 Å². The zero-order valence-electron chi connectivity index (χ0n) is 36.7. The normalized spacial score (nSPS) is 14.8. The number of hydrogen-bond acceptors (Lipinski definition) is 12. The highest BCUT2D eigenvalue weighted by Gasteiger charge is 2.37. The molecule has 1 saturated heterocycles. The van der Waals surface area contributed by atoms with Crippen molar-refractivity contribution in [1.82, 2.24) is 24.6 Å². The van der Waals surface area contributed by atoms with Gasteiger partial charge in [-0.25, -0.2) is 23.4 Å². The molecule has 1 aliphatic heterocycles. The number of benzene rings is 3. The summed E-state index contributed by atoms with van der Waals surface area (Å²) in [6, 6.07) is 19.2. The van der Waals surface area contributed by atoms with Crippen LogP contribution in [0.4, 0.5) is 8.78 Å². The summed E-state index contributed by atoms with van der Waals surface area (Å²) in [5, 5.41) is 15.7. The van der Waals surface area contributed by atoms with Gasteiger partial charge in [0.2, 0.25) is 5.91 Å². The number of nitriles is 1. The largest absolute Gasteiger partial charge is 0.493 e. The molecule has 0 spiro atoms. The Hall–Kier alpha value is -5.41. The molecule has 0 saturated carbocycles. The van der Waals surface area contributed by atoms with Crippen molar-refractivity contribution in [1.29, 1.82) is 5.26 Å². The van der Waals surface area contributed by atoms with Crippen LogP contribution in [0, 0.1) is 11.3 Å². The van der Waals surface area contributed by atoms with Gasteiger partial charge in [-0.3, -0.25) is 19.3 Å². The predicted molar refractivity (Wildman–Crippen MR) is 243 cm³/mol. The number of halogens is 3. The van der Waals surface area contributed by atoms with E-state index in [0.717, 1.165) is 32.4 Å². The van der Waals surface area contributed by atoms with Gasteiger partial charge in [0.15, 0.2) is 10.9 Å². The molecule has 2 amide bonds. The van der Waals surface area contributed by atoms with Crippen molar-refractivity contribution in [3.05, 3.63) is 111 Å². The van der Waals surface area contributed by atoms with Gasteiger partial charge < -0.3 is 18.9 Å². The number of hydrogen-bond donors (Lipinski definition) is 0. The number of aromatic nitrogens is 4. The van der Waals surface area contributed by atoms with Gasteiger partial charge in [0.05, 0.1) is 41.1 Å². The third kappa shape index (κ3) is 12.0. The lowest BCUT2D eigenvalue weighted by Gasteiger charge is -2.30. The van der Waals surface area contributed by atoms with Crippen molar-refractivity contribution in [2.24, 2.45) is 0 Å². The minimum Gasteiger partial charge on any atom is -0.493 e. The van der Waals surface area contributed by atoms with Gasteiger partial charge in [0.1, 0.15) is 36.9 Å². The number of amides is 2. The molecule has 1 fully saturated rings. The third-order valence-electron chi connectivity index (χ3n) is 11.0. The highest BCUT2D eigenvalue weighted by atomic mass is 35.5. The lowest BCUT2D eigenvalue weighted by molar-refractivity contribution is -0.157. The molecule has 1 unspecified atom stereocenters. The molecule has 2 aromatic heterocycles. The van der Waals surface area contributed by atoms with Gasteiger partial charge >= 0.3 is 0 Å². The van der Waals surface area contributed by atoms with Crippen molar-refractivity contribution in [2.75, 3.05) is 32.8 Å².